The summed E-state index contributed by atoms with van der Waals surface area (Å²) < 4.78 is 0. The fourth-order valence-electron chi connectivity index (χ4n) is 2.42. The third-order valence-electron chi connectivity index (χ3n) is 3.44. The van der Waals surface area contributed by atoms with Crippen LogP contribution in [-0.4, -0.2) is 12.6 Å². The van der Waals surface area contributed by atoms with Gasteiger partial charge >= 0.3 is 0 Å². The lowest BCUT2D eigenvalue weighted by molar-refractivity contribution is 0.293. The van der Waals surface area contributed by atoms with Crippen LogP contribution in [0, 0.1) is 18.3 Å². The Morgan fingerprint density at radius 1 is 1.38 bits per heavy atom. The molecule has 1 aliphatic carbocycles. The van der Waals surface area contributed by atoms with Gasteiger partial charge in [0.1, 0.15) is 0 Å². The van der Waals surface area contributed by atoms with E-state index in [-0.39, 0.29) is 0 Å². The zero-order valence-corrected chi connectivity index (χ0v) is 9.74. The Kier molecular flexibility index (Phi) is 3.58. The molecule has 0 atom stereocenters. The van der Waals surface area contributed by atoms with Crippen molar-refractivity contribution in [1.29, 1.82) is 5.26 Å². The molecule has 1 fully saturated rings. The van der Waals surface area contributed by atoms with E-state index in [4.69, 9.17) is 5.26 Å². The molecule has 0 saturated heterocycles. The summed E-state index contributed by atoms with van der Waals surface area (Å²) in [5, 5.41) is 11.9. The van der Waals surface area contributed by atoms with Crippen molar-refractivity contribution in [3.05, 3.63) is 35.4 Å². The molecule has 1 saturated carbocycles. The van der Waals surface area contributed by atoms with Gasteiger partial charge in [-0.05, 0) is 36.8 Å². The Morgan fingerprint density at radius 3 is 2.81 bits per heavy atom. The van der Waals surface area contributed by atoms with Crippen LogP contribution in [0.4, 0.5) is 0 Å². The maximum absolute atomic E-state index is 8.45. The lowest BCUT2D eigenvalue weighted by Gasteiger charge is -2.37. The van der Waals surface area contributed by atoms with E-state index in [0.717, 1.165) is 12.5 Å². The van der Waals surface area contributed by atoms with Crippen molar-refractivity contribution in [2.45, 2.75) is 38.1 Å². The molecule has 0 amide bonds. The van der Waals surface area contributed by atoms with Crippen LogP contribution < -0.4 is 5.32 Å². The molecule has 1 aliphatic rings. The molecule has 0 unspecified atom stereocenters. The van der Waals surface area contributed by atoms with Crippen LogP contribution in [0.1, 0.15) is 36.3 Å². The van der Waals surface area contributed by atoms with Gasteiger partial charge in [-0.3, -0.25) is 0 Å². The second kappa shape index (κ2) is 5.14. The van der Waals surface area contributed by atoms with Crippen molar-refractivity contribution in [3.8, 4) is 6.07 Å². The van der Waals surface area contributed by atoms with E-state index >= 15 is 0 Å². The molecule has 84 valence electrons. The van der Waals surface area contributed by atoms with Gasteiger partial charge < -0.3 is 5.32 Å². The second-order valence-electron chi connectivity index (χ2n) is 4.58. The molecule has 1 N–H and O–H groups in total. The van der Waals surface area contributed by atoms with Crippen molar-refractivity contribution < 1.29 is 0 Å². The number of nitrogens with one attached hydrogen (secondary N) is 1. The number of benzene rings is 1. The molecular weight excluding hydrogens is 196 g/mol. The number of hydrogen-bond acceptors (Lipinski definition) is 2. The van der Waals surface area contributed by atoms with Crippen molar-refractivity contribution in [2.24, 2.45) is 0 Å². The largest absolute Gasteiger partial charge is 0.313 e. The van der Waals surface area contributed by atoms with Crippen molar-refractivity contribution >= 4 is 0 Å². The first-order valence-electron chi connectivity index (χ1n) is 5.97. The molecule has 2 heteroatoms. The van der Waals surface area contributed by atoms with E-state index in [2.05, 4.69) is 42.6 Å². The molecule has 0 radical (unpaired) electrons. The Hall–Kier alpha value is -1.33. The number of rotatable bonds is 4. The fourth-order valence-corrected chi connectivity index (χ4v) is 2.42. The zero-order valence-electron chi connectivity index (χ0n) is 9.74. The third-order valence-corrected chi connectivity index (χ3v) is 3.44. The Morgan fingerprint density at radius 2 is 2.12 bits per heavy atom. The summed E-state index contributed by atoms with van der Waals surface area (Å²) in [6.45, 7) is 3.02. The minimum absolute atomic E-state index is 0.617. The Bertz CT molecular complexity index is 386. The van der Waals surface area contributed by atoms with Gasteiger partial charge in [0, 0.05) is 19.0 Å². The van der Waals surface area contributed by atoms with Gasteiger partial charge in [0.05, 0.1) is 6.07 Å². The first-order chi connectivity index (χ1) is 7.81. The molecule has 0 heterocycles. The predicted octanol–water partition coefficient (Wildman–Crippen LogP) is 2.74. The van der Waals surface area contributed by atoms with E-state index in [0.29, 0.717) is 12.5 Å². The molecule has 1 aromatic rings. The van der Waals surface area contributed by atoms with Gasteiger partial charge in [-0.15, -0.1) is 0 Å². The predicted molar refractivity (Wildman–Crippen MR) is 65.2 cm³/mol. The maximum atomic E-state index is 8.45. The summed E-state index contributed by atoms with van der Waals surface area (Å²) in [6.07, 6.45) is 3.05. The van der Waals surface area contributed by atoms with E-state index in [1.165, 1.54) is 24.0 Å². The van der Waals surface area contributed by atoms with E-state index < -0.39 is 0 Å². The van der Waals surface area contributed by atoms with Gasteiger partial charge in [-0.1, -0.05) is 24.3 Å². The maximum Gasteiger partial charge on any atom is 0.0635 e. The SMILES string of the molecule is Cc1ccccc1C1CC(NCCC#N)C1. The summed E-state index contributed by atoms with van der Waals surface area (Å²) in [4.78, 5) is 0. The number of nitriles is 1. The topological polar surface area (TPSA) is 35.8 Å². The minimum Gasteiger partial charge on any atom is -0.313 e. The van der Waals surface area contributed by atoms with Crippen LogP contribution >= 0.6 is 0 Å². The van der Waals surface area contributed by atoms with E-state index in [1.54, 1.807) is 0 Å². The van der Waals surface area contributed by atoms with E-state index in [1.807, 2.05) is 0 Å². The molecule has 16 heavy (non-hydrogen) atoms. The zero-order chi connectivity index (χ0) is 11.4. The van der Waals surface area contributed by atoms with Gasteiger partial charge in [0.2, 0.25) is 0 Å². The number of nitrogens with zero attached hydrogens (tertiary/aromatic N) is 1. The fraction of sp³-hybridized carbons (Fsp3) is 0.500. The normalized spacial score (nSPS) is 23.5. The Balaban J connectivity index is 1.80. The van der Waals surface area contributed by atoms with Crippen LogP contribution in [0.25, 0.3) is 0 Å². The first-order valence-corrected chi connectivity index (χ1v) is 5.97. The lowest BCUT2D eigenvalue weighted by atomic mass is 9.74. The number of aryl methyl sites for hydroxylation is 1. The highest BCUT2D eigenvalue weighted by Gasteiger charge is 2.30. The summed E-state index contributed by atoms with van der Waals surface area (Å²) in [7, 11) is 0. The smallest absolute Gasteiger partial charge is 0.0635 e. The second-order valence-corrected chi connectivity index (χ2v) is 4.58. The molecule has 2 rings (SSSR count). The van der Waals surface area contributed by atoms with Gasteiger partial charge in [-0.2, -0.15) is 5.26 Å². The molecule has 2 nitrogen and oxygen atoms in total. The molecular formula is C14H18N2. The molecule has 0 spiro atoms. The van der Waals surface area contributed by atoms with Crippen LogP contribution in [-0.2, 0) is 0 Å². The summed E-state index contributed by atoms with van der Waals surface area (Å²) in [5.74, 6) is 0.723. The lowest BCUT2D eigenvalue weighted by Crippen LogP contribution is -2.40. The summed E-state index contributed by atoms with van der Waals surface area (Å²) >= 11 is 0. The summed E-state index contributed by atoms with van der Waals surface area (Å²) in [6, 6.07) is 11.4. The van der Waals surface area contributed by atoms with E-state index in [9.17, 15) is 0 Å². The third kappa shape index (κ3) is 2.43. The highest BCUT2D eigenvalue weighted by molar-refractivity contribution is 5.31. The highest BCUT2D eigenvalue weighted by Crippen LogP contribution is 2.38. The summed E-state index contributed by atoms with van der Waals surface area (Å²) in [5.41, 5.74) is 2.91. The van der Waals surface area contributed by atoms with Crippen LogP contribution in [0.3, 0.4) is 0 Å². The standard InChI is InChI=1S/C14H18N2/c1-11-5-2-3-6-14(11)12-9-13(10-12)16-8-4-7-15/h2-3,5-6,12-13,16H,4,8-10H2,1H3. The first kappa shape index (κ1) is 11.2. The van der Waals surface area contributed by atoms with Crippen LogP contribution in [0.2, 0.25) is 0 Å². The van der Waals surface area contributed by atoms with Gasteiger partial charge in [-0.25, -0.2) is 0 Å². The Labute approximate surface area is 97.3 Å². The van der Waals surface area contributed by atoms with Crippen molar-refractivity contribution in [2.75, 3.05) is 6.54 Å². The van der Waals surface area contributed by atoms with Gasteiger partial charge in [0.15, 0.2) is 0 Å². The quantitative estimate of drug-likeness (QED) is 0.782. The average Bonchev–Trinajstić information content (AvgIpc) is 2.23. The monoisotopic (exact) mass is 214 g/mol. The molecule has 0 aromatic heterocycles. The number of hydrogen-bond donors (Lipinski definition) is 1. The van der Waals surface area contributed by atoms with Crippen molar-refractivity contribution in [1.82, 2.24) is 5.32 Å². The van der Waals surface area contributed by atoms with Crippen molar-refractivity contribution in [3.63, 3.8) is 0 Å². The van der Waals surface area contributed by atoms with Gasteiger partial charge in [0.25, 0.3) is 0 Å². The molecule has 1 aromatic carbocycles. The highest BCUT2D eigenvalue weighted by atomic mass is 14.9. The van der Waals surface area contributed by atoms with Crippen LogP contribution in [0.15, 0.2) is 24.3 Å². The molecule has 0 bridgehead atoms. The molecule has 0 aliphatic heterocycles. The average molecular weight is 214 g/mol. The van der Waals surface area contributed by atoms with Crippen LogP contribution in [0.5, 0.6) is 0 Å². The minimum atomic E-state index is 0.617.